The van der Waals surface area contributed by atoms with Crippen LogP contribution >= 0.6 is 15.9 Å². The number of nitrogens with one attached hydrogen (secondary N) is 1. The molecule has 0 aliphatic heterocycles. The first-order valence-electron chi connectivity index (χ1n) is 8.12. The van der Waals surface area contributed by atoms with Crippen molar-refractivity contribution < 1.29 is 0 Å². The number of rotatable bonds is 3. The van der Waals surface area contributed by atoms with Crippen LogP contribution in [0.3, 0.4) is 0 Å². The van der Waals surface area contributed by atoms with E-state index in [0.717, 1.165) is 24.3 Å². The fraction of sp³-hybridized carbons (Fsp3) is 0.667. The summed E-state index contributed by atoms with van der Waals surface area (Å²) in [6.45, 7) is 3.20. The van der Waals surface area contributed by atoms with Crippen LogP contribution in [-0.2, 0) is 6.54 Å². The Labute approximate surface area is 130 Å². The number of hydrogen-bond acceptors (Lipinski definition) is 1. The maximum absolute atomic E-state index is 3.98. The molecule has 108 valence electrons. The van der Waals surface area contributed by atoms with Crippen LogP contribution in [0.25, 0.3) is 0 Å². The number of halogens is 1. The van der Waals surface area contributed by atoms with Crippen molar-refractivity contribution in [2.45, 2.75) is 57.5 Å². The van der Waals surface area contributed by atoms with Gasteiger partial charge in [-0.15, -0.1) is 0 Å². The second-order valence-corrected chi connectivity index (χ2v) is 8.50. The summed E-state index contributed by atoms with van der Waals surface area (Å²) in [5.74, 6) is 3.07. The molecular weight excluding hydrogens is 310 g/mol. The first kappa shape index (κ1) is 13.3. The lowest BCUT2D eigenvalue weighted by molar-refractivity contribution is -0.0206. The first-order chi connectivity index (χ1) is 9.62. The van der Waals surface area contributed by atoms with Crippen molar-refractivity contribution in [1.29, 1.82) is 0 Å². The second-order valence-electron chi connectivity index (χ2n) is 7.65. The number of aryl methyl sites for hydroxylation is 1. The number of hydrogen-bond donors (Lipinski definition) is 1. The van der Waals surface area contributed by atoms with Gasteiger partial charge in [-0.25, -0.2) is 0 Å². The third-order valence-electron chi connectivity index (χ3n) is 5.89. The van der Waals surface area contributed by atoms with Gasteiger partial charge in [-0.2, -0.15) is 0 Å². The van der Waals surface area contributed by atoms with Crippen molar-refractivity contribution in [1.82, 2.24) is 5.32 Å². The predicted octanol–water partition coefficient (Wildman–Crippen LogP) is 4.82. The molecule has 4 aliphatic rings. The summed E-state index contributed by atoms with van der Waals surface area (Å²) in [6.07, 6.45) is 8.87. The Kier molecular flexibility index (Phi) is 3.23. The molecule has 0 spiro atoms. The van der Waals surface area contributed by atoms with Gasteiger partial charge in [0.1, 0.15) is 0 Å². The standard InChI is InChI=1S/C18H24BrN/c1-12-2-3-17(19)16(4-12)11-20-18-8-13-5-14(9-18)7-15(6-13)10-18/h2-4,13-15,20H,5-11H2,1H3. The molecular formula is C18H24BrN. The Morgan fingerprint density at radius 2 is 1.70 bits per heavy atom. The molecule has 0 unspecified atom stereocenters. The summed E-state index contributed by atoms with van der Waals surface area (Å²) in [4.78, 5) is 0. The molecule has 0 heterocycles. The summed E-state index contributed by atoms with van der Waals surface area (Å²) >= 11 is 3.70. The zero-order chi connectivity index (χ0) is 13.7. The van der Waals surface area contributed by atoms with E-state index in [0.29, 0.717) is 5.54 Å². The van der Waals surface area contributed by atoms with Crippen molar-refractivity contribution in [3.8, 4) is 0 Å². The predicted molar refractivity (Wildman–Crippen MR) is 86.6 cm³/mol. The smallest absolute Gasteiger partial charge is 0.0221 e. The summed E-state index contributed by atoms with van der Waals surface area (Å²) < 4.78 is 1.25. The highest BCUT2D eigenvalue weighted by molar-refractivity contribution is 9.10. The van der Waals surface area contributed by atoms with E-state index in [-0.39, 0.29) is 0 Å². The van der Waals surface area contributed by atoms with Gasteiger partial charge in [-0.3, -0.25) is 0 Å². The van der Waals surface area contributed by atoms with E-state index in [2.05, 4.69) is 46.4 Å². The lowest BCUT2D eigenvalue weighted by Crippen LogP contribution is -2.58. The minimum Gasteiger partial charge on any atom is -0.307 e. The molecule has 0 amide bonds. The van der Waals surface area contributed by atoms with Gasteiger partial charge in [0.15, 0.2) is 0 Å². The topological polar surface area (TPSA) is 12.0 Å². The third-order valence-corrected chi connectivity index (χ3v) is 6.67. The normalized spacial score (nSPS) is 38.4. The molecule has 1 aromatic rings. The maximum Gasteiger partial charge on any atom is 0.0221 e. The average molecular weight is 334 g/mol. The molecule has 4 aliphatic carbocycles. The van der Waals surface area contributed by atoms with Gasteiger partial charge in [0.2, 0.25) is 0 Å². The fourth-order valence-corrected chi connectivity index (χ4v) is 5.84. The van der Waals surface area contributed by atoms with E-state index in [1.165, 1.54) is 54.1 Å². The summed E-state index contributed by atoms with van der Waals surface area (Å²) in [7, 11) is 0. The highest BCUT2D eigenvalue weighted by atomic mass is 79.9. The molecule has 0 aromatic heterocycles. The van der Waals surface area contributed by atoms with Gasteiger partial charge in [0, 0.05) is 16.6 Å². The highest BCUT2D eigenvalue weighted by Gasteiger charge is 2.50. The summed E-state index contributed by atoms with van der Waals surface area (Å²) in [5.41, 5.74) is 3.24. The molecule has 1 aromatic carbocycles. The van der Waals surface area contributed by atoms with E-state index < -0.39 is 0 Å². The SMILES string of the molecule is Cc1ccc(Br)c(CNC23CC4CC(CC(C4)C2)C3)c1. The van der Waals surface area contributed by atoms with Crippen LogP contribution in [0.5, 0.6) is 0 Å². The molecule has 20 heavy (non-hydrogen) atoms. The monoisotopic (exact) mass is 333 g/mol. The fourth-order valence-electron chi connectivity index (χ4n) is 5.45. The largest absolute Gasteiger partial charge is 0.307 e. The summed E-state index contributed by atoms with van der Waals surface area (Å²) in [6, 6.07) is 6.68. The third kappa shape index (κ3) is 2.35. The minimum absolute atomic E-state index is 0.470. The van der Waals surface area contributed by atoms with Gasteiger partial charge in [0.25, 0.3) is 0 Å². The minimum atomic E-state index is 0.470. The Bertz CT molecular complexity index is 487. The zero-order valence-corrected chi connectivity index (χ0v) is 13.9. The van der Waals surface area contributed by atoms with E-state index in [1.807, 2.05) is 0 Å². The molecule has 4 saturated carbocycles. The van der Waals surface area contributed by atoms with Crippen molar-refractivity contribution in [2.75, 3.05) is 0 Å². The molecule has 5 rings (SSSR count). The summed E-state index contributed by atoms with van der Waals surface area (Å²) in [5, 5.41) is 3.98. The van der Waals surface area contributed by atoms with Crippen LogP contribution in [0.1, 0.15) is 49.7 Å². The Balaban J connectivity index is 1.50. The van der Waals surface area contributed by atoms with Gasteiger partial charge in [-0.05, 0) is 74.8 Å². The van der Waals surface area contributed by atoms with Crippen molar-refractivity contribution in [3.05, 3.63) is 33.8 Å². The molecule has 4 fully saturated rings. The van der Waals surface area contributed by atoms with E-state index >= 15 is 0 Å². The first-order valence-corrected chi connectivity index (χ1v) is 8.91. The molecule has 2 heteroatoms. The van der Waals surface area contributed by atoms with E-state index in [1.54, 1.807) is 0 Å². The van der Waals surface area contributed by atoms with Crippen LogP contribution in [0.2, 0.25) is 0 Å². The maximum atomic E-state index is 3.98. The van der Waals surface area contributed by atoms with E-state index in [4.69, 9.17) is 0 Å². The molecule has 0 atom stereocenters. The number of benzene rings is 1. The van der Waals surface area contributed by atoms with Gasteiger partial charge < -0.3 is 5.32 Å². The van der Waals surface area contributed by atoms with Crippen LogP contribution in [0, 0.1) is 24.7 Å². The molecule has 0 radical (unpaired) electrons. The molecule has 1 N–H and O–H groups in total. The molecule has 4 bridgehead atoms. The Morgan fingerprint density at radius 1 is 1.10 bits per heavy atom. The molecule has 0 saturated heterocycles. The Hall–Kier alpha value is -0.340. The van der Waals surface area contributed by atoms with Gasteiger partial charge in [0.05, 0.1) is 0 Å². The van der Waals surface area contributed by atoms with Gasteiger partial charge in [-0.1, -0.05) is 33.6 Å². The lowest BCUT2D eigenvalue weighted by Gasteiger charge is -2.57. The molecule has 1 nitrogen and oxygen atoms in total. The second kappa shape index (κ2) is 4.84. The highest BCUT2D eigenvalue weighted by Crippen LogP contribution is 2.55. The van der Waals surface area contributed by atoms with Crippen LogP contribution in [-0.4, -0.2) is 5.54 Å². The van der Waals surface area contributed by atoms with Crippen molar-refractivity contribution >= 4 is 15.9 Å². The van der Waals surface area contributed by atoms with Gasteiger partial charge >= 0.3 is 0 Å². The van der Waals surface area contributed by atoms with Crippen LogP contribution < -0.4 is 5.32 Å². The van der Waals surface area contributed by atoms with Crippen LogP contribution in [0.15, 0.2) is 22.7 Å². The van der Waals surface area contributed by atoms with Crippen molar-refractivity contribution in [3.63, 3.8) is 0 Å². The van der Waals surface area contributed by atoms with Crippen LogP contribution in [0.4, 0.5) is 0 Å². The van der Waals surface area contributed by atoms with Crippen molar-refractivity contribution in [2.24, 2.45) is 17.8 Å². The quantitative estimate of drug-likeness (QED) is 0.836. The lowest BCUT2D eigenvalue weighted by atomic mass is 9.53. The van der Waals surface area contributed by atoms with E-state index in [9.17, 15) is 0 Å². The Morgan fingerprint density at radius 3 is 2.30 bits per heavy atom. The average Bonchev–Trinajstić information content (AvgIpc) is 2.38. The zero-order valence-electron chi connectivity index (χ0n) is 12.3.